The molecule has 0 fully saturated rings. The predicted molar refractivity (Wildman–Crippen MR) is 137 cm³/mol. The van der Waals surface area contributed by atoms with Gasteiger partial charge >= 0.3 is 0 Å². The summed E-state index contributed by atoms with van der Waals surface area (Å²) in [4.78, 5) is 32.4. The van der Waals surface area contributed by atoms with Crippen LogP contribution in [0.3, 0.4) is 0 Å². The molecule has 0 radical (unpaired) electrons. The van der Waals surface area contributed by atoms with Crippen molar-refractivity contribution >= 4 is 52.1 Å². The van der Waals surface area contributed by atoms with Gasteiger partial charge in [-0.25, -0.2) is 4.98 Å². The van der Waals surface area contributed by atoms with E-state index in [-0.39, 0.29) is 18.2 Å². The third-order valence-electron chi connectivity index (χ3n) is 5.19. The lowest BCUT2D eigenvalue weighted by Gasteiger charge is -2.16. The Morgan fingerprint density at radius 1 is 1.15 bits per heavy atom. The van der Waals surface area contributed by atoms with Gasteiger partial charge in [-0.15, -0.1) is 0 Å². The quantitative estimate of drug-likeness (QED) is 0.352. The van der Waals surface area contributed by atoms with Crippen LogP contribution in [0, 0.1) is 6.92 Å². The van der Waals surface area contributed by atoms with Crippen molar-refractivity contribution in [3.63, 3.8) is 0 Å². The molecule has 8 nitrogen and oxygen atoms in total. The molecule has 5 N–H and O–H groups in total. The summed E-state index contributed by atoms with van der Waals surface area (Å²) in [5.41, 5.74) is 10.8. The average molecular weight is 479 g/mol. The number of primary amides is 1. The number of nitrogens with two attached hydrogens (primary N) is 1. The summed E-state index contributed by atoms with van der Waals surface area (Å²) in [6.45, 7) is 7.81. The van der Waals surface area contributed by atoms with Crippen molar-refractivity contribution in [2.24, 2.45) is 5.73 Å². The molecule has 34 heavy (non-hydrogen) atoms. The molecule has 0 saturated heterocycles. The molecule has 0 spiro atoms. The maximum atomic E-state index is 12.3. The van der Waals surface area contributed by atoms with Gasteiger partial charge in [-0.1, -0.05) is 42.0 Å². The minimum atomic E-state index is -0.366. The Balaban J connectivity index is 1.91. The zero-order valence-corrected chi connectivity index (χ0v) is 20.1. The molecule has 176 valence electrons. The van der Waals surface area contributed by atoms with Gasteiger partial charge in [0.1, 0.15) is 5.02 Å². The number of hydrogen-bond donors (Lipinski definition) is 4. The van der Waals surface area contributed by atoms with Crippen LogP contribution in [0.15, 0.2) is 49.2 Å². The number of hydrogen-bond acceptors (Lipinski definition) is 6. The number of para-hydroxylation sites is 1. The van der Waals surface area contributed by atoms with Crippen molar-refractivity contribution in [1.29, 1.82) is 0 Å². The number of benzene rings is 2. The molecule has 2 amide bonds. The molecule has 3 aromatic rings. The summed E-state index contributed by atoms with van der Waals surface area (Å²) >= 11 is 6.35. The first-order chi connectivity index (χ1) is 16.2. The van der Waals surface area contributed by atoms with Gasteiger partial charge in [-0.05, 0) is 55.2 Å². The summed E-state index contributed by atoms with van der Waals surface area (Å²) in [6.07, 6.45) is 2.21. The maximum Gasteiger partial charge on any atom is 0.253 e. The zero-order valence-electron chi connectivity index (χ0n) is 19.3. The molecule has 0 aliphatic carbocycles. The Hall–Kier alpha value is -3.91. The number of amides is 2. The molecule has 0 saturated carbocycles. The Kier molecular flexibility index (Phi) is 7.86. The van der Waals surface area contributed by atoms with Crippen LogP contribution in [-0.4, -0.2) is 28.8 Å². The van der Waals surface area contributed by atoms with Gasteiger partial charge in [0.25, 0.3) is 5.91 Å². The number of aromatic nitrogens is 2. The molecule has 2 aromatic carbocycles. The number of carbonyl (C=O) groups is 2. The number of carbonyl (C=O) groups excluding carboxylic acids is 2. The van der Waals surface area contributed by atoms with Gasteiger partial charge in [0, 0.05) is 19.2 Å². The van der Waals surface area contributed by atoms with E-state index < -0.39 is 0 Å². The number of rotatable bonds is 9. The lowest BCUT2D eigenvalue weighted by Crippen LogP contribution is -2.19. The van der Waals surface area contributed by atoms with Crippen LogP contribution in [0.25, 0.3) is 5.57 Å². The number of allylic oxidation sites excluding steroid dienone is 1. The van der Waals surface area contributed by atoms with Crippen molar-refractivity contribution in [1.82, 2.24) is 15.3 Å². The third kappa shape index (κ3) is 5.90. The van der Waals surface area contributed by atoms with Gasteiger partial charge in [-0.3, -0.25) is 9.59 Å². The third-order valence-corrected chi connectivity index (χ3v) is 5.47. The predicted octanol–water partition coefficient (Wildman–Crippen LogP) is 4.74. The summed E-state index contributed by atoms with van der Waals surface area (Å²) in [6, 6.07) is 11.2. The van der Waals surface area contributed by atoms with Gasteiger partial charge in [-0.2, -0.15) is 4.98 Å². The summed E-state index contributed by atoms with van der Waals surface area (Å²) in [5, 5.41) is 9.28. The molecule has 0 atom stereocenters. The van der Waals surface area contributed by atoms with Crippen molar-refractivity contribution in [2.45, 2.75) is 26.7 Å². The number of halogens is 1. The Labute approximate surface area is 203 Å². The number of aryl methyl sites for hydroxylation is 2. The van der Waals surface area contributed by atoms with Crippen molar-refractivity contribution in [3.8, 4) is 0 Å². The van der Waals surface area contributed by atoms with E-state index in [1.807, 2.05) is 44.2 Å². The first-order valence-electron chi connectivity index (χ1n) is 10.6. The van der Waals surface area contributed by atoms with E-state index in [0.717, 1.165) is 28.0 Å². The first-order valence-corrected chi connectivity index (χ1v) is 11.0. The monoisotopic (exact) mass is 478 g/mol. The van der Waals surface area contributed by atoms with Gasteiger partial charge < -0.3 is 21.7 Å². The topological polar surface area (TPSA) is 122 Å². The number of nitrogens with zero attached hydrogens (tertiary/aromatic N) is 2. The van der Waals surface area contributed by atoms with Gasteiger partial charge in [0.15, 0.2) is 5.82 Å². The first kappa shape index (κ1) is 24.7. The molecule has 1 aromatic heterocycles. The molecule has 1 heterocycles. The van der Waals surface area contributed by atoms with E-state index in [1.165, 1.54) is 6.20 Å². The van der Waals surface area contributed by atoms with Crippen LogP contribution in [0.1, 0.15) is 40.4 Å². The molecule has 0 aliphatic heterocycles. The zero-order chi connectivity index (χ0) is 24.8. The second-order valence-corrected chi connectivity index (χ2v) is 8.24. The smallest absolute Gasteiger partial charge is 0.253 e. The van der Waals surface area contributed by atoms with E-state index in [0.29, 0.717) is 34.5 Å². The van der Waals surface area contributed by atoms with Gasteiger partial charge in [0.2, 0.25) is 11.9 Å². The Bertz CT molecular complexity index is 1260. The molecule has 0 unspecified atom stereocenters. The highest BCUT2D eigenvalue weighted by atomic mass is 35.5. The number of nitrogens with one attached hydrogen (secondary N) is 3. The number of anilines is 4. The normalized spacial score (nSPS) is 10.5. The van der Waals surface area contributed by atoms with Crippen molar-refractivity contribution in [3.05, 3.63) is 76.5 Å². The van der Waals surface area contributed by atoms with Crippen LogP contribution >= 0.6 is 11.6 Å². The molecule has 0 bridgehead atoms. The summed E-state index contributed by atoms with van der Waals surface area (Å²) < 4.78 is 0. The fraction of sp³-hybridized carbons (Fsp3) is 0.200. The van der Waals surface area contributed by atoms with Crippen LogP contribution in [0.5, 0.6) is 0 Å². The molecular formula is C25H27ClN6O2. The standard InChI is InChI=1S/C25H27ClN6O2/c1-14(2)18-10-9-17(12-16(18)8-11-21(27)33)30-25-29-13-20(26)23(32-25)31-22-15(3)6-5-7-19(22)24(34)28-4/h5-7,9-10,12-13H,1,8,11H2,2-4H3,(H2,27,33)(H,28,34)(H2,29,30,31,32). The highest BCUT2D eigenvalue weighted by Gasteiger charge is 2.15. The van der Waals surface area contributed by atoms with Crippen LogP contribution < -0.4 is 21.7 Å². The minimum absolute atomic E-state index is 0.226. The van der Waals surface area contributed by atoms with Crippen LogP contribution in [0.4, 0.5) is 23.1 Å². The highest BCUT2D eigenvalue weighted by Crippen LogP contribution is 2.30. The SMILES string of the molecule is C=C(C)c1ccc(Nc2ncc(Cl)c(Nc3c(C)cccc3C(=O)NC)n2)cc1CCC(N)=O. The van der Waals surface area contributed by atoms with E-state index in [1.54, 1.807) is 13.1 Å². The molecular weight excluding hydrogens is 452 g/mol. The van der Waals surface area contributed by atoms with Gasteiger partial charge in [0.05, 0.1) is 17.4 Å². The lowest BCUT2D eigenvalue weighted by atomic mass is 9.97. The maximum absolute atomic E-state index is 12.3. The lowest BCUT2D eigenvalue weighted by molar-refractivity contribution is -0.117. The van der Waals surface area contributed by atoms with E-state index in [9.17, 15) is 9.59 Å². The molecule has 0 aliphatic rings. The second kappa shape index (κ2) is 10.8. The fourth-order valence-corrected chi connectivity index (χ4v) is 3.61. The Morgan fingerprint density at radius 2 is 1.91 bits per heavy atom. The van der Waals surface area contributed by atoms with Crippen molar-refractivity contribution < 1.29 is 9.59 Å². The molecule has 9 heteroatoms. The summed E-state index contributed by atoms with van der Waals surface area (Å²) in [7, 11) is 1.57. The summed E-state index contributed by atoms with van der Waals surface area (Å²) in [5.74, 6) is 0.0722. The fourth-order valence-electron chi connectivity index (χ4n) is 3.47. The van der Waals surface area contributed by atoms with Crippen LogP contribution in [0.2, 0.25) is 5.02 Å². The average Bonchev–Trinajstić information content (AvgIpc) is 2.80. The highest BCUT2D eigenvalue weighted by molar-refractivity contribution is 6.33. The van der Waals surface area contributed by atoms with E-state index in [2.05, 4.69) is 32.5 Å². The molecule has 3 rings (SSSR count). The minimum Gasteiger partial charge on any atom is -0.370 e. The van der Waals surface area contributed by atoms with E-state index >= 15 is 0 Å². The second-order valence-electron chi connectivity index (χ2n) is 7.84. The largest absolute Gasteiger partial charge is 0.370 e. The van der Waals surface area contributed by atoms with E-state index in [4.69, 9.17) is 17.3 Å². The van der Waals surface area contributed by atoms with Crippen LogP contribution in [-0.2, 0) is 11.2 Å². The van der Waals surface area contributed by atoms with Crippen molar-refractivity contribution in [2.75, 3.05) is 17.7 Å². The Morgan fingerprint density at radius 3 is 2.59 bits per heavy atom.